The highest BCUT2D eigenvalue weighted by molar-refractivity contribution is 5.85. The van der Waals surface area contributed by atoms with Crippen molar-refractivity contribution >= 4 is 12.4 Å². The molecule has 1 aliphatic rings. The SMILES string of the molecule is Cc1ccc(CNCC2CCCO2)cc1.Cl. The van der Waals surface area contributed by atoms with Crippen molar-refractivity contribution < 1.29 is 4.74 Å². The van der Waals surface area contributed by atoms with Crippen LogP contribution in [0.3, 0.4) is 0 Å². The van der Waals surface area contributed by atoms with E-state index in [0.717, 1.165) is 19.7 Å². The summed E-state index contributed by atoms with van der Waals surface area (Å²) in [6, 6.07) is 8.67. The first-order valence-electron chi connectivity index (χ1n) is 5.72. The molecule has 16 heavy (non-hydrogen) atoms. The van der Waals surface area contributed by atoms with Gasteiger partial charge in [0.25, 0.3) is 0 Å². The molecule has 1 aromatic rings. The van der Waals surface area contributed by atoms with Crippen LogP contribution in [0.2, 0.25) is 0 Å². The third kappa shape index (κ3) is 4.12. The van der Waals surface area contributed by atoms with E-state index in [4.69, 9.17) is 4.74 Å². The number of benzene rings is 1. The van der Waals surface area contributed by atoms with Gasteiger partial charge in [0.05, 0.1) is 6.10 Å². The normalized spacial score (nSPS) is 19.4. The first-order chi connectivity index (χ1) is 7.34. The summed E-state index contributed by atoms with van der Waals surface area (Å²) < 4.78 is 5.55. The van der Waals surface area contributed by atoms with E-state index in [0.29, 0.717) is 6.10 Å². The van der Waals surface area contributed by atoms with E-state index in [9.17, 15) is 0 Å². The molecule has 0 radical (unpaired) electrons. The topological polar surface area (TPSA) is 21.3 Å². The Morgan fingerprint density at radius 1 is 1.31 bits per heavy atom. The lowest BCUT2D eigenvalue weighted by atomic mass is 10.1. The molecule has 1 atom stereocenters. The summed E-state index contributed by atoms with van der Waals surface area (Å²) in [5.41, 5.74) is 2.66. The molecule has 0 aliphatic carbocycles. The molecule has 0 aromatic heterocycles. The summed E-state index contributed by atoms with van der Waals surface area (Å²) in [4.78, 5) is 0. The molecule has 0 saturated carbocycles. The third-order valence-corrected chi connectivity index (χ3v) is 2.85. The highest BCUT2D eigenvalue weighted by Crippen LogP contribution is 2.10. The van der Waals surface area contributed by atoms with Gasteiger partial charge in [0.2, 0.25) is 0 Å². The number of hydrogen-bond acceptors (Lipinski definition) is 2. The molecule has 1 saturated heterocycles. The predicted octanol–water partition coefficient (Wildman–Crippen LogP) is 2.69. The van der Waals surface area contributed by atoms with Gasteiger partial charge in [-0.25, -0.2) is 0 Å². The standard InChI is InChI=1S/C13H19NO.ClH/c1-11-4-6-12(7-5-11)9-14-10-13-3-2-8-15-13;/h4-7,13-14H,2-3,8-10H2,1H3;1H. The van der Waals surface area contributed by atoms with E-state index >= 15 is 0 Å². The molecular formula is C13H20ClNO. The number of nitrogens with one attached hydrogen (secondary N) is 1. The van der Waals surface area contributed by atoms with E-state index < -0.39 is 0 Å². The van der Waals surface area contributed by atoms with E-state index in [-0.39, 0.29) is 12.4 Å². The Morgan fingerprint density at radius 3 is 2.69 bits per heavy atom. The van der Waals surface area contributed by atoms with E-state index in [1.807, 2.05) is 0 Å². The van der Waals surface area contributed by atoms with E-state index in [1.165, 1.54) is 24.0 Å². The van der Waals surface area contributed by atoms with Crippen molar-refractivity contribution in [3.63, 3.8) is 0 Å². The molecule has 1 unspecified atom stereocenters. The minimum atomic E-state index is 0. The fourth-order valence-electron chi connectivity index (χ4n) is 1.89. The molecule has 1 fully saturated rings. The van der Waals surface area contributed by atoms with Gasteiger partial charge in [-0.1, -0.05) is 29.8 Å². The highest BCUT2D eigenvalue weighted by Gasteiger charge is 2.14. The van der Waals surface area contributed by atoms with Crippen molar-refractivity contribution in [1.29, 1.82) is 0 Å². The van der Waals surface area contributed by atoms with Crippen LogP contribution >= 0.6 is 12.4 Å². The minimum Gasteiger partial charge on any atom is -0.377 e. The second kappa shape index (κ2) is 6.89. The Balaban J connectivity index is 0.00000128. The van der Waals surface area contributed by atoms with Crippen LogP contribution < -0.4 is 5.32 Å². The Morgan fingerprint density at radius 2 is 2.06 bits per heavy atom. The second-order valence-electron chi connectivity index (χ2n) is 4.25. The summed E-state index contributed by atoms with van der Waals surface area (Å²) in [6.45, 7) is 4.98. The molecule has 1 aromatic carbocycles. The zero-order valence-electron chi connectivity index (χ0n) is 9.74. The Hall–Kier alpha value is -0.570. The predicted molar refractivity (Wildman–Crippen MR) is 69.1 cm³/mol. The van der Waals surface area contributed by atoms with Gasteiger partial charge in [-0.3, -0.25) is 0 Å². The molecule has 2 rings (SSSR count). The minimum absolute atomic E-state index is 0. The van der Waals surface area contributed by atoms with E-state index in [2.05, 4.69) is 36.5 Å². The van der Waals surface area contributed by atoms with Crippen LogP contribution in [-0.2, 0) is 11.3 Å². The lowest BCUT2D eigenvalue weighted by Crippen LogP contribution is -2.25. The maximum absolute atomic E-state index is 5.55. The summed E-state index contributed by atoms with van der Waals surface area (Å²) in [7, 11) is 0. The maximum Gasteiger partial charge on any atom is 0.0700 e. The highest BCUT2D eigenvalue weighted by atomic mass is 35.5. The number of ether oxygens (including phenoxy) is 1. The van der Waals surface area contributed by atoms with Crippen molar-refractivity contribution in [2.24, 2.45) is 0 Å². The first-order valence-corrected chi connectivity index (χ1v) is 5.72. The molecule has 1 heterocycles. The van der Waals surface area contributed by atoms with Crippen molar-refractivity contribution in [2.45, 2.75) is 32.4 Å². The van der Waals surface area contributed by atoms with Crippen molar-refractivity contribution in [2.75, 3.05) is 13.2 Å². The first kappa shape index (κ1) is 13.5. The van der Waals surface area contributed by atoms with Gasteiger partial charge in [-0.15, -0.1) is 12.4 Å². The van der Waals surface area contributed by atoms with Crippen LogP contribution in [0.5, 0.6) is 0 Å². The number of hydrogen-bond donors (Lipinski definition) is 1. The molecule has 1 aliphatic heterocycles. The molecule has 0 amide bonds. The molecule has 2 nitrogen and oxygen atoms in total. The Bertz CT molecular complexity index is 293. The van der Waals surface area contributed by atoms with Crippen molar-refractivity contribution in [3.05, 3.63) is 35.4 Å². The van der Waals surface area contributed by atoms with Crippen molar-refractivity contribution in [1.82, 2.24) is 5.32 Å². The third-order valence-electron chi connectivity index (χ3n) is 2.85. The molecule has 0 bridgehead atoms. The smallest absolute Gasteiger partial charge is 0.0700 e. The monoisotopic (exact) mass is 241 g/mol. The average molecular weight is 242 g/mol. The average Bonchev–Trinajstić information content (AvgIpc) is 2.74. The van der Waals surface area contributed by atoms with Gasteiger partial charge >= 0.3 is 0 Å². The fraction of sp³-hybridized carbons (Fsp3) is 0.538. The summed E-state index contributed by atoms with van der Waals surface area (Å²) in [6.07, 6.45) is 2.87. The maximum atomic E-state index is 5.55. The van der Waals surface area contributed by atoms with E-state index in [1.54, 1.807) is 0 Å². The molecule has 0 spiro atoms. The Kier molecular flexibility index (Phi) is 5.81. The largest absolute Gasteiger partial charge is 0.377 e. The Labute approximate surface area is 104 Å². The van der Waals surface area contributed by atoms with Crippen LogP contribution in [-0.4, -0.2) is 19.3 Å². The number of rotatable bonds is 4. The van der Waals surface area contributed by atoms with Crippen LogP contribution in [0.15, 0.2) is 24.3 Å². The number of halogens is 1. The molecular weight excluding hydrogens is 222 g/mol. The molecule has 90 valence electrons. The molecule has 3 heteroatoms. The zero-order chi connectivity index (χ0) is 10.5. The van der Waals surface area contributed by atoms with Gasteiger partial charge in [0.1, 0.15) is 0 Å². The lowest BCUT2D eigenvalue weighted by Gasteiger charge is -2.10. The zero-order valence-corrected chi connectivity index (χ0v) is 10.6. The van der Waals surface area contributed by atoms with Gasteiger partial charge in [-0.05, 0) is 25.3 Å². The van der Waals surface area contributed by atoms with Gasteiger partial charge in [0, 0.05) is 19.7 Å². The van der Waals surface area contributed by atoms with Crippen LogP contribution in [0.25, 0.3) is 0 Å². The summed E-state index contributed by atoms with van der Waals surface area (Å²) in [5, 5.41) is 3.44. The van der Waals surface area contributed by atoms with Crippen LogP contribution in [0.1, 0.15) is 24.0 Å². The fourth-order valence-corrected chi connectivity index (χ4v) is 1.89. The lowest BCUT2D eigenvalue weighted by molar-refractivity contribution is 0.110. The van der Waals surface area contributed by atoms with Crippen LogP contribution in [0, 0.1) is 6.92 Å². The van der Waals surface area contributed by atoms with Crippen molar-refractivity contribution in [3.8, 4) is 0 Å². The second-order valence-corrected chi connectivity index (χ2v) is 4.25. The van der Waals surface area contributed by atoms with Gasteiger partial charge in [0.15, 0.2) is 0 Å². The number of aryl methyl sites for hydroxylation is 1. The quantitative estimate of drug-likeness (QED) is 0.875. The van der Waals surface area contributed by atoms with Crippen LogP contribution in [0.4, 0.5) is 0 Å². The summed E-state index contributed by atoms with van der Waals surface area (Å²) >= 11 is 0. The van der Waals surface area contributed by atoms with Gasteiger partial charge < -0.3 is 10.1 Å². The molecule has 1 N–H and O–H groups in total. The van der Waals surface area contributed by atoms with Gasteiger partial charge in [-0.2, -0.15) is 0 Å². The summed E-state index contributed by atoms with van der Waals surface area (Å²) in [5.74, 6) is 0.